The lowest BCUT2D eigenvalue weighted by molar-refractivity contribution is -0.123. The van der Waals surface area contributed by atoms with Crippen LogP contribution in [0.15, 0.2) is 0 Å². The van der Waals surface area contributed by atoms with Crippen LogP contribution < -0.4 is 11.1 Å². The topological polar surface area (TPSA) is 64.3 Å². The standard InChI is InChI=1S/C12H24N2O2/c1-3-10(9-16-2)14-11(15)8-12(13)6-4-5-7-12/h10H,3-9,13H2,1-2H3,(H,14,15). The van der Waals surface area contributed by atoms with Gasteiger partial charge in [0.2, 0.25) is 5.91 Å². The van der Waals surface area contributed by atoms with Gasteiger partial charge in [-0.1, -0.05) is 19.8 Å². The van der Waals surface area contributed by atoms with Gasteiger partial charge >= 0.3 is 0 Å². The molecule has 0 spiro atoms. The SMILES string of the molecule is CCC(COC)NC(=O)CC1(N)CCCC1. The monoisotopic (exact) mass is 228 g/mol. The molecular weight excluding hydrogens is 204 g/mol. The van der Waals surface area contributed by atoms with E-state index in [0.717, 1.165) is 32.1 Å². The Bertz CT molecular complexity index is 225. The number of hydrogen-bond acceptors (Lipinski definition) is 3. The Morgan fingerprint density at radius 3 is 2.62 bits per heavy atom. The van der Waals surface area contributed by atoms with Crippen LogP contribution in [0, 0.1) is 0 Å². The molecule has 1 atom stereocenters. The molecule has 0 aromatic rings. The van der Waals surface area contributed by atoms with Crippen molar-refractivity contribution in [2.24, 2.45) is 5.73 Å². The smallest absolute Gasteiger partial charge is 0.222 e. The fourth-order valence-electron chi connectivity index (χ4n) is 2.32. The number of ether oxygens (including phenoxy) is 1. The lowest BCUT2D eigenvalue weighted by Crippen LogP contribution is -2.45. The molecule has 1 unspecified atom stereocenters. The predicted molar refractivity (Wildman–Crippen MR) is 64.1 cm³/mol. The average molecular weight is 228 g/mol. The fraction of sp³-hybridized carbons (Fsp3) is 0.917. The summed E-state index contributed by atoms with van der Waals surface area (Å²) in [7, 11) is 1.65. The minimum absolute atomic E-state index is 0.0632. The highest BCUT2D eigenvalue weighted by Crippen LogP contribution is 2.29. The maximum atomic E-state index is 11.8. The van der Waals surface area contributed by atoms with E-state index in [1.807, 2.05) is 6.92 Å². The molecule has 0 aliphatic heterocycles. The Balaban J connectivity index is 2.34. The first kappa shape index (κ1) is 13.5. The van der Waals surface area contributed by atoms with Crippen LogP contribution >= 0.6 is 0 Å². The van der Waals surface area contributed by atoms with Gasteiger partial charge in [-0.2, -0.15) is 0 Å². The zero-order valence-electron chi connectivity index (χ0n) is 10.4. The zero-order valence-corrected chi connectivity index (χ0v) is 10.4. The third kappa shape index (κ3) is 4.10. The highest BCUT2D eigenvalue weighted by atomic mass is 16.5. The summed E-state index contributed by atoms with van der Waals surface area (Å²) >= 11 is 0. The molecule has 94 valence electrons. The van der Waals surface area contributed by atoms with Crippen molar-refractivity contribution in [2.45, 2.75) is 57.0 Å². The minimum Gasteiger partial charge on any atom is -0.383 e. The van der Waals surface area contributed by atoms with Gasteiger partial charge < -0.3 is 15.8 Å². The van der Waals surface area contributed by atoms with Gasteiger partial charge in [-0.15, -0.1) is 0 Å². The fourth-order valence-corrected chi connectivity index (χ4v) is 2.32. The minimum atomic E-state index is -0.255. The van der Waals surface area contributed by atoms with Crippen LogP contribution in [-0.4, -0.2) is 31.2 Å². The summed E-state index contributed by atoms with van der Waals surface area (Å²) in [4.78, 5) is 11.8. The second-order valence-electron chi connectivity index (χ2n) is 4.87. The van der Waals surface area contributed by atoms with Crippen LogP contribution in [0.25, 0.3) is 0 Å². The number of carbonyl (C=O) groups is 1. The van der Waals surface area contributed by atoms with Gasteiger partial charge in [-0.25, -0.2) is 0 Å². The summed E-state index contributed by atoms with van der Waals surface area (Å²) in [6.07, 6.45) is 5.59. The molecule has 0 aromatic carbocycles. The third-order valence-corrected chi connectivity index (χ3v) is 3.34. The maximum Gasteiger partial charge on any atom is 0.222 e. The van der Waals surface area contributed by atoms with E-state index in [1.54, 1.807) is 7.11 Å². The molecule has 1 aliphatic rings. The number of methoxy groups -OCH3 is 1. The Morgan fingerprint density at radius 2 is 2.12 bits per heavy atom. The molecule has 0 heterocycles. The molecule has 1 amide bonds. The predicted octanol–water partition coefficient (Wildman–Crippen LogP) is 1.19. The van der Waals surface area contributed by atoms with E-state index in [9.17, 15) is 4.79 Å². The van der Waals surface area contributed by atoms with Crippen LogP contribution in [0.2, 0.25) is 0 Å². The van der Waals surface area contributed by atoms with E-state index in [1.165, 1.54) is 0 Å². The summed E-state index contributed by atoms with van der Waals surface area (Å²) in [6.45, 7) is 2.61. The molecule has 16 heavy (non-hydrogen) atoms. The van der Waals surface area contributed by atoms with Gasteiger partial charge in [0.05, 0.1) is 12.6 Å². The molecule has 4 heteroatoms. The van der Waals surface area contributed by atoms with Crippen molar-refractivity contribution in [3.8, 4) is 0 Å². The Morgan fingerprint density at radius 1 is 1.50 bits per heavy atom. The molecule has 1 rings (SSSR count). The summed E-state index contributed by atoms with van der Waals surface area (Å²) in [5.74, 6) is 0.0632. The summed E-state index contributed by atoms with van der Waals surface area (Å²) in [6, 6.07) is 0.113. The highest BCUT2D eigenvalue weighted by Gasteiger charge is 2.31. The van der Waals surface area contributed by atoms with Crippen molar-refractivity contribution in [1.82, 2.24) is 5.32 Å². The second kappa shape index (κ2) is 6.21. The Kier molecular flexibility index (Phi) is 5.22. The molecule has 0 aromatic heterocycles. The molecule has 3 N–H and O–H groups in total. The van der Waals surface area contributed by atoms with Crippen molar-refractivity contribution in [3.05, 3.63) is 0 Å². The lowest BCUT2D eigenvalue weighted by Gasteiger charge is -2.24. The number of nitrogens with one attached hydrogen (secondary N) is 1. The molecule has 4 nitrogen and oxygen atoms in total. The molecule has 0 bridgehead atoms. The molecule has 0 radical (unpaired) electrons. The van der Waals surface area contributed by atoms with E-state index in [-0.39, 0.29) is 17.5 Å². The first-order chi connectivity index (χ1) is 7.59. The van der Waals surface area contributed by atoms with Gasteiger partial charge in [0.15, 0.2) is 0 Å². The van der Waals surface area contributed by atoms with Crippen LogP contribution in [0.5, 0.6) is 0 Å². The summed E-state index contributed by atoms with van der Waals surface area (Å²) < 4.78 is 5.04. The first-order valence-electron chi connectivity index (χ1n) is 6.17. The molecule has 0 saturated heterocycles. The van der Waals surface area contributed by atoms with Crippen LogP contribution in [0.3, 0.4) is 0 Å². The number of hydrogen-bond donors (Lipinski definition) is 2. The first-order valence-corrected chi connectivity index (χ1v) is 6.17. The van der Waals surface area contributed by atoms with E-state index >= 15 is 0 Å². The van der Waals surface area contributed by atoms with Crippen molar-refractivity contribution in [2.75, 3.05) is 13.7 Å². The number of nitrogens with two attached hydrogens (primary N) is 1. The van der Waals surface area contributed by atoms with Crippen LogP contribution in [0.4, 0.5) is 0 Å². The highest BCUT2D eigenvalue weighted by molar-refractivity contribution is 5.77. The van der Waals surface area contributed by atoms with E-state index in [0.29, 0.717) is 13.0 Å². The Labute approximate surface area is 97.9 Å². The normalized spacial score (nSPS) is 20.7. The molecular formula is C12H24N2O2. The molecule has 1 aliphatic carbocycles. The number of rotatable bonds is 6. The van der Waals surface area contributed by atoms with Crippen molar-refractivity contribution in [3.63, 3.8) is 0 Å². The summed E-state index contributed by atoms with van der Waals surface area (Å²) in [5.41, 5.74) is 5.90. The summed E-state index contributed by atoms with van der Waals surface area (Å²) in [5, 5.41) is 2.98. The van der Waals surface area contributed by atoms with Gasteiger partial charge in [0.25, 0.3) is 0 Å². The molecule has 1 fully saturated rings. The Hall–Kier alpha value is -0.610. The number of carbonyl (C=O) groups excluding carboxylic acids is 1. The largest absolute Gasteiger partial charge is 0.383 e. The van der Waals surface area contributed by atoms with Crippen molar-refractivity contribution >= 4 is 5.91 Å². The molecule has 1 saturated carbocycles. The van der Waals surface area contributed by atoms with Gasteiger partial charge in [0.1, 0.15) is 0 Å². The quantitative estimate of drug-likeness (QED) is 0.717. The third-order valence-electron chi connectivity index (χ3n) is 3.34. The van der Waals surface area contributed by atoms with Gasteiger partial charge in [-0.05, 0) is 19.3 Å². The average Bonchev–Trinajstić information content (AvgIpc) is 2.63. The van der Waals surface area contributed by atoms with E-state index in [2.05, 4.69) is 5.32 Å². The van der Waals surface area contributed by atoms with E-state index in [4.69, 9.17) is 10.5 Å². The van der Waals surface area contributed by atoms with Gasteiger partial charge in [0, 0.05) is 19.1 Å². The van der Waals surface area contributed by atoms with Crippen molar-refractivity contribution in [1.29, 1.82) is 0 Å². The number of amides is 1. The van der Waals surface area contributed by atoms with E-state index < -0.39 is 0 Å². The maximum absolute atomic E-state index is 11.8. The van der Waals surface area contributed by atoms with Crippen molar-refractivity contribution < 1.29 is 9.53 Å². The zero-order chi connectivity index (χ0) is 12.0. The van der Waals surface area contributed by atoms with Gasteiger partial charge in [-0.3, -0.25) is 4.79 Å². The van der Waals surface area contributed by atoms with Crippen LogP contribution in [-0.2, 0) is 9.53 Å². The van der Waals surface area contributed by atoms with Crippen LogP contribution in [0.1, 0.15) is 45.4 Å². The second-order valence-corrected chi connectivity index (χ2v) is 4.87. The lowest BCUT2D eigenvalue weighted by atomic mass is 9.94.